The van der Waals surface area contributed by atoms with Crippen LogP contribution in [-0.2, 0) is 19.2 Å². The van der Waals surface area contributed by atoms with Crippen LogP contribution in [0.5, 0.6) is 0 Å². The molecule has 0 radical (unpaired) electrons. The van der Waals surface area contributed by atoms with E-state index in [0.717, 1.165) is 12.8 Å². The number of benzene rings is 1. The van der Waals surface area contributed by atoms with E-state index in [1.165, 1.54) is 5.56 Å². The Kier molecular flexibility index (Phi) is 8.90. The average molecular weight is 389 g/mol. The summed E-state index contributed by atoms with van der Waals surface area (Å²) >= 11 is 0. The summed E-state index contributed by atoms with van der Waals surface area (Å²) in [6.45, 7) is 9.52. The highest BCUT2D eigenvalue weighted by Crippen LogP contribution is 2.40. The zero-order chi connectivity index (χ0) is 20.5. The lowest BCUT2D eigenvalue weighted by molar-refractivity contribution is -0.397. The van der Waals surface area contributed by atoms with Gasteiger partial charge < -0.3 is 9.47 Å². The molecule has 0 N–H and O–H groups in total. The summed E-state index contributed by atoms with van der Waals surface area (Å²) < 4.78 is 10.8. The van der Waals surface area contributed by atoms with Crippen LogP contribution >= 0.6 is 0 Å². The van der Waals surface area contributed by atoms with E-state index < -0.39 is 5.79 Å². The van der Waals surface area contributed by atoms with Gasteiger partial charge in [-0.15, -0.1) is 0 Å². The van der Waals surface area contributed by atoms with Crippen LogP contribution in [0.3, 0.4) is 0 Å². The van der Waals surface area contributed by atoms with Gasteiger partial charge in [-0.2, -0.15) is 0 Å². The molecule has 0 aromatic heterocycles. The van der Waals surface area contributed by atoms with Crippen LogP contribution in [-0.4, -0.2) is 31.7 Å². The Morgan fingerprint density at radius 2 is 1.79 bits per heavy atom. The second-order valence-corrected chi connectivity index (χ2v) is 8.36. The first-order chi connectivity index (χ1) is 13.3. The molecule has 0 saturated carbocycles. The Morgan fingerprint density at radius 1 is 1.04 bits per heavy atom. The summed E-state index contributed by atoms with van der Waals surface area (Å²) in [5.41, 5.74) is 0.901. The van der Waals surface area contributed by atoms with E-state index in [1.54, 1.807) is 7.11 Å². The van der Waals surface area contributed by atoms with Crippen molar-refractivity contribution >= 4 is 6.08 Å². The van der Waals surface area contributed by atoms with Crippen molar-refractivity contribution in [3.63, 3.8) is 0 Å². The zero-order valence-electron chi connectivity index (χ0n) is 18.0. The van der Waals surface area contributed by atoms with E-state index in [0.29, 0.717) is 31.5 Å². The molecule has 1 unspecified atom stereocenters. The first kappa shape index (κ1) is 22.8. The maximum absolute atomic E-state index is 5.79. The molecule has 28 heavy (non-hydrogen) atoms. The van der Waals surface area contributed by atoms with Crippen LogP contribution in [0.2, 0.25) is 0 Å². The molecule has 1 aromatic carbocycles. The minimum Gasteiger partial charge on any atom is -0.382 e. The lowest BCUT2D eigenvalue weighted by Crippen LogP contribution is -2.32. The second-order valence-electron chi connectivity index (χ2n) is 8.36. The third-order valence-electron chi connectivity index (χ3n) is 4.95. The quantitative estimate of drug-likeness (QED) is 0.273. The van der Waals surface area contributed by atoms with Crippen LogP contribution in [0.4, 0.5) is 0 Å². The van der Waals surface area contributed by atoms with Gasteiger partial charge in [0.15, 0.2) is 0 Å². The number of rotatable bonds is 11. The predicted molar refractivity (Wildman–Crippen MR) is 114 cm³/mol. The fraction of sp³-hybridized carbons (Fsp3) is 0.583. The van der Waals surface area contributed by atoms with Gasteiger partial charge in [0.25, 0.3) is 0 Å². The first-order valence-electron chi connectivity index (χ1n) is 10.2. The van der Waals surface area contributed by atoms with Crippen molar-refractivity contribution in [2.45, 2.75) is 58.3 Å². The molecule has 2 rings (SSSR count). The molecule has 4 nitrogen and oxygen atoms in total. The summed E-state index contributed by atoms with van der Waals surface area (Å²) in [5.74, 6) is 0.205. The molecule has 1 fully saturated rings. The largest absolute Gasteiger partial charge is 0.382 e. The number of hydrogen-bond acceptors (Lipinski definition) is 4. The van der Waals surface area contributed by atoms with E-state index in [-0.39, 0.29) is 5.60 Å². The summed E-state index contributed by atoms with van der Waals surface area (Å²) in [6, 6.07) is 10.4. The van der Waals surface area contributed by atoms with Crippen LogP contribution < -0.4 is 0 Å². The monoisotopic (exact) mass is 388 g/mol. The fourth-order valence-electron chi connectivity index (χ4n) is 3.64. The minimum atomic E-state index is -0.701. The molecule has 1 heterocycles. The van der Waals surface area contributed by atoms with E-state index in [9.17, 15) is 0 Å². The summed E-state index contributed by atoms with van der Waals surface area (Å²) in [5, 5.41) is 0. The SMILES string of the molecule is COCCOC1(C)C[C@](C)(C[C@@H](C)/C=C/C[C@H](C)/C=C/c2ccccc2)OO1. The fourth-order valence-corrected chi connectivity index (χ4v) is 3.64. The smallest absolute Gasteiger partial charge is 0.201 e. The Bertz CT molecular complexity index is 627. The van der Waals surface area contributed by atoms with Gasteiger partial charge in [-0.05, 0) is 44.1 Å². The van der Waals surface area contributed by atoms with Crippen molar-refractivity contribution in [3.05, 3.63) is 54.1 Å². The number of methoxy groups -OCH3 is 1. The van der Waals surface area contributed by atoms with Crippen molar-refractivity contribution < 1.29 is 19.2 Å². The van der Waals surface area contributed by atoms with Crippen LogP contribution in [0, 0.1) is 11.8 Å². The van der Waals surface area contributed by atoms with E-state index >= 15 is 0 Å². The third-order valence-corrected chi connectivity index (χ3v) is 4.95. The predicted octanol–water partition coefficient (Wildman–Crippen LogP) is 5.80. The van der Waals surface area contributed by atoms with Gasteiger partial charge in [0, 0.05) is 13.5 Å². The highest BCUT2D eigenvalue weighted by molar-refractivity contribution is 5.48. The van der Waals surface area contributed by atoms with Gasteiger partial charge in [-0.3, -0.25) is 0 Å². The molecule has 0 bridgehead atoms. The van der Waals surface area contributed by atoms with Gasteiger partial charge >= 0.3 is 0 Å². The van der Waals surface area contributed by atoms with Crippen LogP contribution in [0.1, 0.15) is 52.5 Å². The number of hydrogen-bond donors (Lipinski definition) is 0. The lowest BCUT2D eigenvalue weighted by atomic mass is 9.87. The molecule has 1 aromatic rings. The molecule has 4 heteroatoms. The molecular weight excluding hydrogens is 352 g/mol. The summed E-state index contributed by atoms with van der Waals surface area (Å²) in [4.78, 5) is 11.2. The molecule has 4 atom stereocenters. The van der Waals surface area contributed by atoms with Crippen molar-refractivity contribution in [1.29, 1.82) is 0 Å². The molecule has 1 aliphatic rings. The molecule has 156 valence electrons. The molecule has 1 aliphatic heterocycles. The number of ether oxygens (including phenoxy) is 2. The van der Waals surface area contributed by atoms with Crippen molar-refractivity contribution in [2.24, 2.45) is 11.8 Å². The van der Waals surface area contributed by atoms with Gasteiger partial charge in [-0.1, -0.05) is 68.5 Å². The van der Waals surface area contributed by atoms with Crippen molar-refractivity contribution in [1.82, 2.24) is 0 Å². The van der Waals surface area contributed by atoms with Crippen molar-refractivity contribution in [3.8, 4) is 0 Å². The van der Waals surface area contributed by atoms with Crippen molar-refractivity contribution in [2.75, 3.05) is 20.3 Å². The maximum Gasteiger partial charge on any atom is 0.201 e. The second kappa shape index (κ2) is 10.9. The van der Waals surface area contributed by atoms with Gasteiger partial charge in [-0.25, -0.2) is 9.78 Å². The molecule has 0 aliphatic carbocycles. The Labute approximate surface area is 170 Å². The maximum atomic E-state index is 5.79. The molecule has 0 amide bonds. The van der Waals surface area contributed by atoms with E-state index in [1.807, 2.05) is 13.0 Å². The highest BCUT2D eigenvalue weighted by atomic mass is 17.2. The standard InChI is InChI=1S/C24H36O4/c1-20(14-15-22-12-7-6-8-13-22)10-9-11-21(2)18-23(3)19-24(4,28-27-23)26-17-16-25-5/h6-9,11-15,20-21H,10,16-19H2,1-5H3/b11-9+,15-14+/t20-,21-,23-,24?/m0/s1. The normalized spacial score (nSPS) is 27.6. The Balaban J connectivity index is 1.75. The molecule has 1 saturated heterocycles. The molecular formula is C24H36O4. The topological polar surface area (TPSA) is 36.9 Å². The highest BCUT2D eigenvalue weighted by Gasteiger charge is 2.47. The van der Waals surface area contributed by atoms with Crippen LogP contribution in [0.25, 0.3) is 6.08 Å². The van der Waals surface area contributed by atoms with Gasteiger partial charge in [0.2, 0.25) is 5.79 Å². The molecule has 0 spiro atoms. The minimum absolute atomic E-state index is 0.343. The summed E-state index contributed by atoms with van der Waals surface area (Å²) in [7, 11) is 1.66. The Morgan fingerprint density at radius 3 is 2.50 bits per heavy atom. The third kappa shape index (κ3) is 7.88. The lowest BCUT2D eigenvalue weighted by Gasteiger charge is -2.24. The van der Waals surface area contributed by atoms with Gasteiger partial charge in [0.1, 0.15) is 5.60 Å². The van der Waals surface area contributed by atoms with E-state index in [2.05, 4.69) is 69.3 Å². The number of allylic oxidation sites excluding steroid dienone is 3. The van der Waals surface area contributed by atoms with E-state index in [4.69, 9.17) is 19.2 Å². The van der Waals surface area contributed by atoms with Crippen LogP contribution in [0.15, 0.2) is 48.6 Å². The van der Waals surface area contributed by atoms with Gasteiger partial charge in [0.05, 0.1) is 13.2 Å². The Hall–Kier alpha value is -1.46. The first-order valence-corrected chi connectivity index (χ1v) is 10.2. The zero-order valence-corrected chi connectivity index (χ0v) is 18.0. The summed E-state index contributed by atoms with van der Waals surface area (Å²) in [6.07, 6.45) is 11.6. The average Bonchev–Trinajstić information content (AvgIpc) is 2.96.